The van der Waals surface area contributed by atoms with Crippen molar-refractivity contribution in [2.75, 3.05) is 13.6 Å². The first kappa shape index (κ1) is 32.3. The van der Waals surface area contributed by atoms with Crippen molar-refractivity contribution < 1.29 is 0 Å². The molecule has 34 heavy (non-hydrogen) atoms. The highest BCUT2D eigenvalue weighted by Crippen LogP contribution is 2.46. The average molecular weight is 496 g/mol. The van der Waals surface area contributed by atoms with E-state index in [0.29, 0.717) is 0 Å². The maximum absolute atomic E-state index is 4.67. The third-order valence-corrected chi connectivity index (χ3v) is 10.7. The molecule has 2 heteroatoms. The van der Waals surface area contributed by atoms with Crippen LogP contribution in [-0.4, -0.2) is 17.9 Å². The van der Waals surface area contributed by atoms with Crippen molar-refractivity contribution in [2.24, 2.45) is 59.2 Å². The van der Waals surface area contributed by atoms with Crippen LogP contribution in [0.15, 0.2) is 0 Å². The van der Waals surface area contributed by atoms with Crippen LogP contribution in [0.4, 0.5) is 0 Å². The lowest BCUT2D eigenvalue weighted by atomic mass is 9.62. The molecule has 1 saturated carbocycles. The van der Waals surface area contributed by atoms with E-state index in [0.717, 1.165) is 65.7 Å². The molecule has 0 amide bonds. The lowest BCUT2D eigenvalue weighted by molar-refractivity contribution is 0.0678. The summed E-state index contributed by atoms with van der Waals surface area (Å²) in [6.07, 6.45) is 15.4. The van der Waals surface area contributed by atoms with Crippen LogP contribution in [0.5, 0.6) is 0 Å². The van der Waals surface area contributed by atoms with Crippen molar-refractivity contribution in [3.05, 3.63) is 0 Å². The Balaban J connectivity index is 3.13. The van der Waals surface area contributed by atoms with E-state index in [1.165, 1.54) is 70.6 Å². The quantitative estimate of drug-likeness (QED) is 0.196. The summed E-state index contributed by atoms with van der Waals surface area (Å²) in [4.78, 5) is 0. The smallest absolute Gasteiger partial charge is 0.0115 e. The molecule has 0 aromatic rings. The maximum Gasteiger partial charge on any atom is 0.0115 e. The highest BCUT2D eigenvalue weighted by atomic mass is 32.1. The lowest BCUT2D eigenvalue weighted by Crippen LogP contribution is -2.34. The van der Waals surface area contributed by atoms with Crippen LogP contribution in [0.25, 0.3) is 0 Å². The maximum atomic E-state index is 4.67. The molecule has 0 aliphatic heterocycles. The van der Waals surface area contributed by atoms with Gasteiger partial charge in [-0.15, -0.1) is 0 Å². The van der Waals surface area contributed by atoms with Crippen LogP contribution in [0.2, 0.25) is 0 Å². The summed E-state index contributed by atoms with van der Waals surface area (Å²) in [7, 11) is 2.14. The van der Waals surface area contributed by atoms with Crippen molar-refractivity contribution in [1.82, 2.24) is 4.31 Å². The number of hydrogen-bond donors (Lipinski definition) is 1. The van der Waals surface area contributed by atoms with E-state index in [-0.39, 0.29) is 0 Å². The normalized spacial score (nSPS) is 28.9. The second-order valence-corrected chi connectivity index (χ2v) is 13.7. The standard InChI is InChI=1S/C32H65NS/c1-11-15-25(7)29(19-28-18-17-24(6)27(9)32(28)14-4)20-30(26(8)16-12-2)21-31(22-33(10)34)23(5)13-3/h23-32,34H,11-22H2,1-10H3. The van der Waals surface area contributed by atoms with Gasteiger partial charge in [0.2, 0.25) is 0 Å². The van der Waals surface area contributed by atoms with Crippen molar-refractivity contribution in [3.63, 3.8) is 0 Å². The van der Waals surface area contributed by atoms with Gasteiger partial charge in [0.15, 0.2) is 0 Å². The van der Waals surface area contributed by atoms with Gasteiger partial charge < -0.3 is 0 Å². The average Bonchev–Trinajstić information content (AvgIpc) is 2.79. The number of nitrogens with zero attached hydrogens (tertiary/aromatic N) is 1. The van der Waals surface area contributed by atoms with E-state index >= 15 is 0 Å². The second-order valence-electron chi connectivity index (χ2n) is 13.0. The summed E-state index contributed by atoms with van der Waals surface area (Å²) in [5.41, 5.74) is 0. The Morgan fingerprint density at radius 2 is 1.35 bits per heavy atom. The molecule has 1 aliphatic carbocycles. The Labute approximate surface area is 222 Å². The van der Waals surface area contributed by atoms with Crippen LogP contribution in [-0.2, 0) is 0 Å². The van der Waals surface area contributed by atoms with E-state index < -0.39 is 0 Å². The van der Waals surface area contributed by atoms with Crippen LogP contribution < -0.4 is 0 Å². The molecule has 1 rings (SSSR count). The fourth-order valence-electron chi connectivity index (χ4n) is 7.63. The highest BCUT2D eigenvalue weighted by molar-refractivity contribution is 7.77. The first-order valence-electron chi connectivity index (χ1n) is 15.5. The van der Waals surface area contributed by atoms with Gasteiger partial charge in [-0.3, -0.25) is 4.31 Å². The molecular formula is C32H65NS. The Bertz CT molecular complexity index is 505. The lowest BCUT2D eigenvalue weighted by Gasteiger charge is -2.43. The summed E-state index contributed by atoms with van der Waals surface area (Å²) in [5.74, 6) is 8.72. The third kappa shape index (κ3) is 10.4. The van der Waals surface area contributed by atoms with Crippen LogP contribution in [0.1, 0.15) is 133 Å². The van der Waals surface area contributed by atoms with Crippen LogP contribution in [0, 0.1) is 59.2 Å². The molecule has 0 saturated heterocycles. The second kappa shape index (κ2) is 16.9. The first-order chi connectivity index (χ1) is 16.1. The van der Waals surface area contributed by atoms with Gasteiger partial charge in [0.1, 0.15) is 0 Å². The Hall–Kier alpha value is 0.310. The molecule has 0 N–H and O–H groups in total. The van der Waals surface area contributed by atoms with Crippen LogP contribution in [0.3, 0.4) is 0 Å². The minimum atomic E-state index is 0.762. The zero-order valence-corrected chi connectivity index (χ0v) is 26.0. The van der Waals surface area contributed by atoms with Gasteiger partial charge in [-0.25, -0.2) is 0 Å². The largest absolute Gasteiger partial charge is 0.256 e. The zero-order chi connectivity index (χ0) is 25.8. The van der Waals surface area contributed by atoms with Gasteiger partial charge in [0.25, 0.3) is 0 Å². The van der Waals surface area contributed by atoms with E-state index in [4.69, 9.17) is 0 Å². The monoisotopic (exact) mass is 495 g/mol. The number of rotatable bonds is 17. The topological polar surface area (TPSA) is 3.24 Å². The highest BCUT2D eigenvalue weighted by Gasteiger charge is 2.37. The summed E-state index contributed by atoms with van der Waals surface area (Å²) in [6.45, 7) is 23.5. The van der Waals surface area contributed by atoms with Gasteiger partial charge in [0.05, 0.1) is 0 Å². The predicted octanol–water partition coefficient (Wildman–Crippen LogP) is 10.4. The molecule has 0 spiro atoms. The molecular weight excluding hydrogens is 430 g/mol. The van der Waals surface area contributed by atoms with E-state index in [1.807, 2.05) is 0 Å². The predicted molar refractivity (Wildman–Crippen MR) is 158 cm³/mol. The van der Waals surface area contributed by atoms with Crippen molar-refractivity contribution in [3.8, 4) is 0 Å². The summed E-state index contributed by atoms with van der Waals surface area (Å²) < 4.78 is 2.14. The van der Waals surface area contributed by atoms with Gasteiger partial charge in [-0.05, 0) is 91.9 Å². The zero-order valence-electron chi connectivity index (χ0n) is 25.2. The molecule has 10 unspecified atom stereocenters. The first-order valence-corrected chi connectivity index (χ1v) is 15.9. The molecule has 0 aromatic carbocycles. The van der Waals surface area contributed by atoms with Crippen molar-refractivity contribution >= 4 is 12.8 Å². The van der Waals surface area contributed by atoms with Gasteiger partial charge in [-0.1, -0.05) is 120 Å². The Morgan fingerprint density at radius 3 is 1.85 bits per heavy atom. The Morgan fingerprint density at radius 1 is 0.794 bits per heavy atom. The Kier molecular flexibility index (Phi) is 16.1. The fraction of sp³-hybridized carbons (Fsp3) is 1.00. The third-order valence-electron chi connectivity index (χ3n) is 10.5. The summed E-state index contributed by atoms with van der Waals surface area (Å²) >= 11 is 4.67. The number of thiol groups is 1. The SMILES string of the molecule is CCCC(C)C(CC(CC1CCC(C)C(C)C1CC)C(C)CCC)CC(CN(C)S)C(C)CC. The van der Waals surface area contributed by atoms with Crippen molar-refractivity contribution in [1.29, 1.82) is 0 Å². The molecule has 1 nitrogen and oxygen atoms in total. The van der Waals surface area contributed by atoms with Gasteiger partial charge in [-0.2, -0.15) is 0 Å². The van der Waals surface area contributed by atoms with E-state index in [2.05, 4.69) is 86.5 Å². The van der Waals surface area contributed by atoms with E-state index in [9.17, 15) is 0 Å². The molecule has 0 heterocycles. The molecule has 0 aromatic heterocycles. The van der Waals surface area contributed by atoms with Crippen molar-refractivity contribution in [2.45, 2.75) is 133 Å². The summed E-state index contributed by atoms with van der Waals surface area (Å²) in [5, 5.41) is 0. The molecule has 1 fully saturated rings. The summed E-state index contributed by atoms with van der Waals surface area (Å²) in [6, 6.07) is 0. The van der Waals surface area contributed by atoms with Gasteiger partial charge >= 0.3 is 0 Å². The molecule has 1 aliphatic rings. The minimum absolute atomic E-state index is 0.762. The molecule has 10 atom stereocenters. The molecule has 204 valence electrons. The van der Waals surface area contributed by atoms with Gasteiger partial charge in [0, 0.05) is 6.54 Å². The minimum Gasteiger partial charge on any atom is -0.256 e. The fourth-order valence-corrected chi connectivity index (χ4v) is 7.84. The molecule has 0 bridgehead atoms. The molecule has 0 radical (unpaired) electrons. The van der Waals surface area contributed by atoms with Crippen LogP contribution >= 0.6 is 12.8 Å². The number of hydrogen-bond acceptors (Lipinski definition) is 2. The van der Waals surface area contributed by atoms with E-state index in [1.54, 1.807) is 0 Å².